The molecular formula is C20H28N4O5. The quantitative estimate of drug-likeness (QED) is 0.688. The summed E-state index contributed by atoms with van der Waals surface area (Å²) < 4.78 is 5.18. The number of anilines is 1. The Labute approximate surface area is 170 Å². The number of benzene rings is 1. The maximum Gasteiger partial charge on any atom is 0.412 e. The third kappa shape index (κ3) is 6.48. The van der Waals surface area contributed by atoms with Crippen LogP contribution >= 0.6 is 0 Å². The predicted octanol–water partition coefficient (Wildman–Crippen LogP) is 1.50. The van der Waals surface area contributed by atoms with Gasteiger partial charge in [-0.15, -0.1) is 0 Å². The molecule has 9 heteroatoms. The van der Waals surface area contributed by atoms with E-state index in [1.165, 1.54) is 18.0 Å². The van der Waals surface area contributed by atoms with Crippen molar-refractivity contribution in [2.75, 3.05) is 25.5 Å². The highest BCUT2D eigenvalue weighted by atomic mass is 16.6. The number of hydrogen-bond donors (Lipinski definition) is 3. The lowest BCUT2D eigenvalue weighted by Crippen LogP contribution is -2.48. The van der Waals surface area contributed by atoms with Crippen molar-refractivity contribution < 1.29 is 23.9 Å². The number of nitrogens with one attached hydrogen (secondary N) is 3. The van der Waals surface area contributed by atoms with Gasteiger partial charge in [0.15, 0.2) is 0 Å². The van der Waals surface area contributed by atoms with Crippen molar-refractivity contribution in [2.45, 2.75) is 45.3 Å². The van der Waals surface area contributed by atoms with Crippen molar-refractivity contribution in [3.63, 3.8) is 0 Å². The van der Waals surface area contributed by atoms with Crippen LogP contribution in [0.25, 0.3) is 0 Å². The van der Waals surface area contributed by atoms with Crippen molar-refractivity contribution in [3.05, 3.63) is 29.8 Å². The Bertz CT molecular complexity index is 787. The molecule has 1 unspecified atom stereocenters. The van der Waals surface area contributed by atoms with E-state index in [1.54, 1.807) is 39.0 Å². The van der Waals surface area contributed by atoms with Gasteiger partial charge in [0.2, 0.25) is 11.8 Å². The number of carbonyl (C=O) groups is 4. The summed E-state index contributed by atoms with van der Waals surface area (Å²) in [6.07, 6.45) is 0.730. The number of ether oxygens (including phenoxy) is 1. The fourth-order valence-corrected chi connectivity index (χ4v) is 3.02. The van der Waals surface area contributed by atoms with Gasteiger partial charge in [-0.3, -0.25) is 19.7 Å². The molecule has 1 saturated heterocycles. The topological polar surface area (TPSA) is 117 Å². The number of likely N-dealkylation sites (N-methyl/N-ethyl adjacent to an activating group) is 1. The summed E-state index contributed by atoms with van der Waals surface area (Å²) in [5.74, 6) is -0.975. The summed E-state index contributed by atoms with van der Waals surface area (Å²) in [6.45, 7) is 5.53. The molecule has 1 aliphatic heterocycles. The van der Waals surface area contributed by atoms with E-state index in [9.17, 15) is 19.2 Å². The molecule has 0 radical (unpaired) electrons. The van der Waals surface area contributed by atoms with Crippen LogP contribution in [0.4, 0.5) is 10.5 Å². The van der Waals surface area contributed by atoms with Crippen molar-refractivity contribution in [1.82, 2.24) is 15.5 Å². The first-order chi connectivity index (χ1) is 13.6. The number of hydrogen-bond acceptors (Lipinski definition) is 5. The van der Waals surface area contributed by atoms with Gasteiger partial charge in [-0.1, -0.05) is 6.07 Å². The largest absolute Gasteiger partial charge is 0.444 e. The van der Waals surface area contributed by atoms with Gasteiger partial charge in [-0.05, 0) is 51.8 Å². The minimum Gasteiger partial charge on any atom is -0.444 e. The molecule has 1 fully saturated rings. The summed E-state index contributed by atoms with van der Waals surface area (Å²) in [4.78, 5) is 50.0. The lowest BCUT2D eigenvalue weighted by atomic mass is 10.2. The molecule has 1 aliphatic rings. The molecule has 0 aromatic heterocycles. The molecule has 9 nitrogen and oxygen atoms in total. The average Bonchev–Trinajstić information content (AvgIpc) is 3.13. The van der Waals surface area contributed by atoms with E-state index in [0.29, 0.717) is 18.7 Å². The van der Waals surface area contributed by atoms with E-state index in [0.717, 1.165) is 6.42 Å². The van der Waals surface area contributed by atoms with Crippen molar-refractivity contribution >= 4 is 29.5 Å². The third-order valence-electron chi connectivity index (χ3n) is 4.29. The second-order valence-electron chi connectivity index (χ2n) is 7.75. The van der Waals surface area contributed by atoms with E-state index in [-0.39, 0.29) is 23.9 Å². The number of rotatable bonds is 5. The van der Waals surface area contributed by atoms with Gasteiger partial charge >= 0.3 is 6.09 Å². The fourth-order valence-electron chi connectivity index (χ4n) is 3.02. The van der Waals surface area contributed by atoms with Crippen LogP contribution in [0.15, 0.2) is 24.3 Å². The van der Waals surface area contributed by atoms with E-state index in [1.807, 2.05) is 0 Å². The Morgan fingerprint density at radius 3 is 2.59 bits per heavy atom. The van der Waals surface area contributed by atoms with Crippen LogP contribution in [0, 0.1) is 0 Å². The maximum atomic E-state index is 12.4. The Kier molecular flexibility index (Phi) is 7.19. The molecular weight excluding hydrogens is 376 g/mol. The first-order valence-electron chi connectivity index (χ1n) is 9.50. The van der Waals surface area contributed by atoms with E-state index in [2.05, 4.69) is 16.0 Å². The Balaban J connectivity index is 1.93. The summed E-state index contributed by atoms with van der Waals surface area (Å²) in [5, 5.41) is 7.69. The SMILES string of the molecule is CNC(=O)C1CCCN1C(=O)CNC(=O)c1cccc(NC(=O)OC(C)(C)C)c1. The van der Waals surface area contributed by atoms with Gasteiger partial charge in [0.05, 0.1) is 6.54 Å². The van der Waals surface area contributed by atoms with Gasteiger partial charge in [-0.25, -0.2) is 4.79 Å². The van der Waals surface area contributed by atoms with Crippen LogP contribution in [0.5, 0.6) is 0 Å². The summed E-state index contributed by atoms with van der Waals surface area (Å²) in [5.41, 5.74) is 0.0507. The normalized spacial score (nSPS) is 16.1. The average molecular weight is 404 g/mol. The van der Waals surface area contributed by atoms with Crippen LogP contribution in [-0.4, -0.2) is 60.5 Å². The number of carbonyl (C=O) groups excluding carboxylic acids is 4. The maximum absolute atomic E-state index is 12.4. The zero-order valence-electron chi connectivity index (χ0n) is 17.2. The number of likely N-dealkylation sites (tertiary alicyclic amines) is 1. The highest BCUT2D eigenvalue weighted by molar-refractivity contribution is 5.98. The third-order valence-corrected chi connectivity index (χ3v) is 4.29. The molecule has 0 spiro atoms. The highest BCUT2D eigenvalue weighted by Crippen LogP contribution is 2.17. The molecule has 4 amide bonds. The molecule has 0 aliphatic carbocycles. The van der Waals surface area contributed by atoms with Gasteiger partial charge in [0, 0.05) is 24.8 Å². The molecule has 2 rings (SSSR count). The molecule has 158 valence electrons. The molecule has 1 atom stereocenters. The molecule has 1 aromatic carbocycles. The number of amides is 4. The van der Waals surface area contributed by atoms with Crippen LogP contribution in [0.2, 0.25) is 0 Å². The lowest BCUT2D eigenvalue weighted by Gasteiger charge is -2.23. The smallest absolute Gasteiger partial charge is 0.412 e. The predicted molar refractivity (Wildman–Crippen MR) is 107 cm³/mol. The summed E-state index contributed by atoms with van der Waals surface area (Å²) in [6, 6.07) is 5.82. The van der Waals surface area contributed by atoms with E-state index < -0.39 is 23.6 Å². The van der Waals surface area contributed by atoms with Crippen molar-refractivity contribution in [2.24, 2.45) is 0 Å². The minimum atomic E-state index is -0.637. The highest BCUT2D eigenvalue weighted by Gasteiger charge is 2.33. The monoisotopic (exact) mass is 404 g/mol. The zero-order chi connectivity index (χ0) is 21.6. The molecule has 3 N–H and O–H groups in total. The van der Waals surface area contributed by atoms with Crippen LogP contribution in [0.3, 0.4) is 0 Å². The van der Waals surface area contributed by atoms with Gasteiger partial charge < -0.3 is 20.3 Å². The first-order valence-corrected chi connectivity index (χ1v) is 9.50. The van der Waals surface area contributed by atoms with Crippen molar-refractivity contribution in [3.8, 4) is 0 Å². The van der Waals surface area contributed by atoms with E-state index >= 15 is 0 Å². The molecule has 0 saturated carbocycles. The first kappa shape index (κ1) is 22.2. The molecule has 1 aromatic rings. The Morgan fingerprint density at radius 1 is 1.21 bits per heavy atom. The Morgan fingerprint density at radius 2 is 1.93 bits per heavy atom. The standard InChI is InChI=1S/C20H28N4O5/c1-20(2,3)29-19(28)23-14-8-5-7-13(11-14)17(26)22-12-16(25)24-10-6-9-15(24)18(27)21-4/h5,7-8,11,15H,6,9-10,12H2,1-4H3,(H,21,27)(H,22,26)(H,23,28). The van der Waals surface area contributed by atoms with Gasteiger partial charge in [-0.2, -0.15) is 0 Å². The number of nitrogens with zero attached hydrogens (tertiary/aromatic N) is 1. The second-order valence-corrected chi connectivity index (χ2v) is 7.75. The van der Waals surface area contributed by atoms with Crippen LogP contribution in [-0.2, 0) is 14.3 Å². The molecule has 0 bridgehead atoms. The van der Waals surface area contributed by atoms with Crippen LogP contribution in [0.1, 0.15) is 44.0 Å². The van der Waals surface area contributed by atoms with Crippen molar-refractivity contribution in [1.29, 1.82) is 0 Å². The Hall–Kier alpha value is -3.10. The summed E-state index contributed by atoms with van der Waals surface area (Å²) in [7, 11) is 1.53. The van der Waals surface area contributed by atoms with E-state index in [4.69, 9.17) is 4.74 Å². The zero-order valence-corrected chi connectivity index (χ0v) is 17.2. The minimum absolute atomic E-state index is 0.205. The van der Waals surface area contributed by atoms with Gasteiger partial charge in [0.25, 0.3) is 5.91 Å². The van der Waals surface area contributed by atoms with Crippen LogP contribution < -0.4 is 16.0 Å². The second kappa shape index (κ2) is 9.40. The fraction of sp³-hybridized carbons (Fsp3) is 0.500. The summed E-state index contributed by atoms with van der Waals surface area (Å²) >= 11 is 0. The van der Waals surface area contributed by atoms with Gasteiger partial charge in [0.1, 0.15) is 11.6 Å². The molecule has 1 heterocycles. The molecule has 29 heavy (non-hydrogen) atoms. The lowest BCUT2D eigenvalue weighted by molar-refractivity contribution is -0.137.